The molecule has 2 aliphatic rings. The molecule has 1 amide bonds. The SMILES string of the molecule is O=C(C1CCC1)N1CCC(c2c[nH]c3ncccc23)CC1. The first-order valence-electron chi connectivity index (χ1n) is 8.04. The highest BCUT2D eigenvalue weighted by atomic mass is 16.2. The molecule has 4 rings (SSSR count). The van der Waals surface area contributed by atoms with Crippen molar-refractivity contribution >= 4 is 16.9 Å². The molecule has 1 N–H and O–H groups in total. The molecule has 110 valence electrons. The molecule has 1 saturated heterocycles. The Balaban J connectivity index is 1.46. The zero-order chi connectivity index (χ0) is 14.2. The Labute approximate surface area is 124 Å². The average molecular weight is 283 g/mol. The molecule has 1 saturated carbocycles. The van der Waals surface area contributed by atoms with Crippen molar-refractivity contribution in [2.45, 2.75) is 38.0 Å². The lowest BCUT2D eigenvalue weighted by Gasteiger charge is -2.36. The Morgan fingerprint density at radius 2 is 2.05 bits per heavy atom. The number of aromatic amines is 1. The Morgan fingerprint density at radius 1 is 1.24 bits per heavy atom. The Bertz CT molecular complexity index is 651. The number of hydrogen-bond donors (Lipinski definition) is 1. The second-order valence-corrected chi connectivity index (χ2v) is 6.37. The van der Waals surface area contributed by atoms with Gasteiger partial charge in [0.15, 0.2) is 0 Å². The third-order valence-corrected chi connectivity index (χ3v) is 5.18. The number of carbonyl (C=O) groups excluding carboxylic acids is 1. The smallest absolute Gasteiger partial charge is 0.225 e. The third-order valence-electron chi connectivity index (χ3n) is 5.18. The van der Waals surface area contributed by atoms with Crippen molar-refractivity contribution in [1.29, 1.82) is 0 Å². The van der Waals surface area contributed by atoms with Crippen molar-refractivity contribution in [1.82, 2.24) is 14.9 Å². The van der Waals surface area contributed by atoms with E-state index in [-0.39, 0.29) is 0 Å². The third kappa shape index (κ3) is 2.23. The van der Waals surface area contributed by atoms with Crippen molar-refractivity contribution in [3.63, 3.8) is 0 Å². The number of nitrogens with zero attached hydrogens (tertiary/aromatic N) is 2. The lowest BCUT2D eigenvalue weighted by Crippen LogP contribution is -2.43. The number of likely N-dealkylation sites (tertiary alicyclic amines) is 1. The highest BCUT2D eigenvalue weighted by Crippen LogP contribution is 2.34. The summed E-state index contributed by atoms with van der Waals surface area (Å²) in [4.78, 5) is 22.0. The van der Waals surface area contributed by atoms with E-state index < -0.39 is 0 Å². The Kier molecular flexibility index (Phi) is 3.17. The maximum Gasteiger partial charge on any atom is 0.225 e. The molecule has 21 heavy (non-hydrogen) atoms. The molecule has 2 fully saturated rings. The first-order chi connectivity index (χ1) is 10.3. The van der Waals surface area contributed by atoms with Crippen LogP contribution in [0.15, 0.2) is 24.5 Å². The highest BCUT2D eigenvalue weighted by Gasteiger charge is 2.32. The number of pyridine rings is 1. The number of rotatable bonds is 2. The zero-order valence-corrected chi connectivity index (χ0v) is 12.2. The van der Waals surface area contributed by atoms with Gasteiger partial charge in [0, 0.05) is 36.8 Å². The molecule has 1 aliphatic carbocycles. The molecule has 1 aliphatic heterocycles. The first-order valence-corrected chi connectivity index (χ1v) is 8.04. The minimum atomic E-state index is 0.332. The Morgan fingerprint density at radius 3 is 2.76 bits per heavy atom. The molecule has 2 aromatic rings. The van der Waals surface area contributed by atoms with E-state index in [0.717, 1.165) is 44.4 Å². The zero-order valence-electron chi connectivity index (χ0n) is 12.2. The van der Waals surface area contributed by atoms with Crippen LogP contribution in [0.1, 0.15) is 43.6 Å². The van der Waals surface area contributed by atoms with Gasteiger partial charge < -0.3 is 9.88 Å². The fourth-order valence-corrected chi connectivity index (χ4v) is 3.64. The molecule has 0 bridgehead atoms. The summed E-state index contributed by atoms with van der Waals surface area (Å²) in [6.45, 7) is 1.82. The summed E-state index contributed by atoms with van der Waals surface area (Å²) in [5, 5.41) is 1.24. The minimum Gasteiger partial charge on any atom is -0.346 e. The van der Waals surface area contributed by atoms with Gasteiger partial charge in [-0.15, -0.1) is 0 Å². The van der Waals surface area contributed by atoms with Crippen LogP contribution in [0.25, 0.3) is 11.0 Å². The fraction of sp³-hybridized carbons (Fsp3) is 0.529. The number of carbonyl (C=O) groups is 1. The van der Waals surface area contributed by atoms with Gasteiger partial charge in [-0.05, 0) is 49.3 Å². The van der Waals surface area contributed by atoms with Crippen LogP contribution in [-0.4, -0.2) is 33.9 Å². The quantitative estimate of drug-likeness (QED) is 0.920. The largest absolute Gasteiger partial charge is 0.346 e. The number of piperidine rings is 1. The number of nitrogens with one attached hydrogen (secondary N) is 1. The van der Waals surface area contributed by atoms with E-state index in [4.69, 9.17) is 0 Å². The summed E-state index contributed by atoms with van der Waals surface area (Å²) in [5.74, 6) is 1.28. The second kappa shape index (κ2) is 5.17. The maximum atomic E-state index is 12.3. The van der Waals surface area contributed by atoms with Crippen molar-refractivity contribution < 1.29 is 4.79 Å². The average Bonchev–Trinajstić information content (AvgIpc) is 2.89. The topological polar surface area (TPSA) is 49.0 Å². The van der Waals surface area contributed by atoms with Crippen LogP contribution in [0.5, 0.6) is 0 Å². The number of H-pyrrole nitrogens is 1. The van der Waals surface area contributed by atoms with Crippen molar-refractivity contribution in [3.8, 4) is 0 Å². The maximum absolute atomic E-state index is 12.3. The van der Waals surface area contributed by atoms with Crippen LogP contribution in [-0.2, 0) is 4.79 Å². The van der Waals surface area contributed by atoms with E-state index in [9.17, 15) is 4.79 Å². The van der Waals surface area contributed by atoms with Crippen LogP contribution >= 0.6 is 0 Å². The van der Waals surface area contributed by atoms with Gasteiger partial charge in [0.1, 0.15) is 5.65 Å². The van der Waals surface area contributed by atoms with Gasteiger partial charge in [0.2, 0.25) is 5.91 Å². The molecule has 0 spiro atoms. The molecule has 3 heterocycles. The fourth-order valence-electron chi connectivity index (χ4n) is 3.64. The molecule has 4 heteroatoms. The lowest BCUT2D eigenvalue weighted by molar-refractivity contribution is -0.139. The van der Waals surface area contributed by atoms with E-state index >= 15 is 0 Å². The van der Waals surface area contributed by atoms with Gasteiger partial charge >= 0.3 is 0 Å². The number of amides is 1. The van der Waals surface area contributed by atoms with Crippen LogP contribution in [0.4, 0.5) is 0 Å². The molecule has 0 unspecified atom stereocenters. The number of aromatic nitrogens is 2. The van der Waals surface area contributed by atoms with Gasteiger partial charge in [-0.3, -0.25) is 4.79 Å². The van der Waals surface area contributed by atoms with Gasteiger partial charge in [0.05, 0.1) is 0 Å². The number of hydrogen-bond acceptors (Lipinski definition) is 2. The molecular formula is C17H21N3O. The van der Waals surface area contributed by atoms with E-state index in [2.05, 4.69) is 27.1 Å². The van der Waals surface area contributed by atoms with Crippen molar-refractivity contribution in [3.05, 3.63) is 30.1 Å². The molecule has 0 radical (unpaired) electrons. The summed E-state index contributed by atoms with van der Waals surface area (Å²) < 4.78 is 0. The Hall–Kier alpha value is -1.84. The van der Waals surface area contributed by atoms with Crippen LogP contribution in [0.2, 0.25) is 0 Å². The highest BCUT2D eigenvalue weighted by molar-refractivity contribution is 5.81. The molecule has 4 nitrogen and oxygen atoms in total. The van der Waals surface area contributed by atoms with E-state index in [1.54, 1.807) is 0 Å². The van der Waals surface area contributed by atoms with Crippen molar-refractivity contribution in [2.75, 3.05) is 13.1 Å². The van der Waals surface area contributed by atoms with Crippen molar-refractivity contribution in [2.24, 2.45) is 5.92 Å². The normalized spacial score (nSPS) is 20.7. The predicted molar refractivity (Wildman–Crippen MR) is 82.0 cm³/mol. The summed E-state index contributed by atoms with van der Waals surface area (Å²) in [7, 11) is 0. The first kappa shape index (κ1) is 12.9. The van der Waals surface area contributed by atoms with Gasteiger partial charge in [0.25, 0.3) is 0 Å². The van der Waals surface area contributed by atoms with Gasteiger partial charge in [-0.1, -0.05) is 6.42 Å². The van der Waals surface area contributed by atoms with Crippen LogP contribution in [0, 0.1) is 5.92 Å². The van der Waals surface area contributed by atoms with E-state index in [0.29, 0.717) is 17.7 Å². The summed E-state index contributed by atoms with van der Waals surface area (Å²) in [6, 6.07) is 4.13. The number of fused-ring (bicyclic) bond motifs is 1. The van der Waals surface area contributed by atoms with Gasteiger partial charge in [-0.25, -0.2) is 4.98 Å². The monoisotopic (exact) mass is 283 g/mol. The molecule has 0 atom stereocenters. The summed E-state index contributed by atoms with van der Waals surface area (Å²) in [5.41, 5.74) is 2.34. The molecular weight excluding hydrogens is 262 g/mol. The second-order valence-electron chi connectivity index (χ2n) is 6.37. The molecule has 2 aromatic heterocycles. The van der Waals surface area contributed by atoms with E-state index in [1.165, 1.54) is 17.4 Å². The standard InChI is InChI=1S/C17H21N3O/c21-17(13-3-1-4-13)20-9-6-12(7-10-20)15-11-19-16-14(15)5-2-8-18-16/h2,5,8,11-13H,1,3-4,6-7,9-10H2,(H,18,19). The van der Waals surface area contributed by atoms with Crippen LogP contribution < -0.4 is 0 Å². The van der Waals surface area contributed by atoms with Crippen LogP contribution in [0.3, 0.4) is 0 Å². The summed E-state index contributed by atoms with van der Waals surface area (Å²) >= 11 is 0. The lowest BCUT2D eigenvalue weighted by atomic mass is 9.83. The summed E-state index contributed by atoms with van der Waals surface area (Å²) in [6.07, 6.45) is 9.50. The molecule has 0 aromatic carbocycles. The predicted octanol–water partition coefficient (Wildman–Crippen LogP) is 3.07. The minimum absolute atomic E-state index is 0.332. The van der Waals surface area contributed by atoms with E-state index in [1.807, 2.05) is 12.3 Å². The van der Waals surface area contributed by atoms with Gasteiger partial charge in [-0.2, -0.15) is 0 Å².